The SMILES string of the molecule is COc1cc(C=Nn2c(C3CCCCC3)nc3ccccc3c2=O)ccc1OCC(=O)O. The van der Waals surface area contributed by atoms with E-state index in [0.29, 0.717) is 33.8 Å². The maximum absolute atomic E-state index is 13.2. The fourth-order valence-corrected chi connectivity index (χ4v) is 4.03. The minimum Gasteiger partial charge on any atom is -0.493 e. The fourth-order valence-electron chi connectivity index (χ4n) is 4.03. The van der Waals surface area contributed by atoms with Crippen molar-refractivity contribution in [3.8, 4) is 11.5 Å². The lowest BCUT2D eigenvalue weighted by atomic mass is 9.88. The molecule has 1 fully saturated rings. The van der Waals surface area contributed by atoms with Crippen molar-refractivity contribution in [3.05, 3.63) is 64.2 Å². The molecule has 8 heteroatoms. The molecule has 0 radical (unpaired) electrons. The number of fused-ring (bicyclic) bond motifs is 1. The fraction of sp³-hybridized carbons (Fsp3) is 0.333. The lowest BCUT2D eigenvalue weighted by molar-refractivity contribution is -0.139. The molecular formula is C24H25N3O5. The van der Waals surface area contributed by atoms with Crippen LogP contribution >= 0.6 is 0 Å². The second-order valence-corrected chi connectivity index (χ2v) is 7.78. The van der Waals surface area contributed by atoms with Crippen molar-refractivity contribution in [2.75, 3.05) is 13.7 Å². The molecule has 0 saturated heterocycles. The molecule has 1 aliphatic rings. The molecule has 3 aromatic rings. The van der Waals surface area contributed by atoms with Crippen LogP contribution in [0, 0.1) is 0 Å². The number of methoxy groups -OCH3 is 1. The highest BCUT2D eigenvalue weighted by Gasteiger charge is 2.22. The van der Waals surface area contributed by atoms with Gasteiger partial charge in [-0.05, 0) is 48.7 Å². The van der Waals surface area contributed by atoms with E-state index in [1.165, 1.54) is 18.2 Å². The third-order valence-electron chi connectivity index (χ3n) is 5.61. The Labute approximate surface area is 185 Å². The number of carboxylic acids is 1. The second-order valence-electron chi connectivity index (χ2n) is 7.78. The van der Waals surface area contributed by atoms with Gasteiger partial charge < -0.3 is 14.6 Å². The second kappa shape index (κ2) is 9.64. The molecule has 0 spiro atoms. The molecule has 0 bridgehead atoms. The van der Waals surface area contributed by atoms with E-state index in [1.54, 1.807) is 30.5 Å². The Balaban J connectivity index is 1.72. The topological polar surface area (TPSA) is 103 Å². The standard InChI is InChI=1S/C24H25N3O5/c1-31-21-13-16(11-12-20(21)32-15-22(28)29)14-25-27-23(17-7-3-2-4-8-17)26-19-10-6-5-9-18(19)24(27)30/h5-6,9-14,17H,2-4,7-8,15H2,1H3,(H,28,29). The Morgan fingerprint density at radius 2 is 1.97 bits per heavy atom. The lowest BCUT2D eigenvalue weighted by Crippen LogP contribution is -2.25. The zero-order valence-corrected chi connectivity index (χ0v) is 17.9. The van der Waals surface area contributed by atoms with Gasteiger partial charge in [-0.1, -0.05) is 31.4 Å². The summed E-state index contributed by atoms with van der Waals surface area (Å²) in [5.74, 6) is 0.514. The van der Waals surface area contributed by atoms with Crippen LogP contribution < -0.4 is 15.0 Å². The summed E-state index contributed by atoms with van der Waals surface area (Å²) in [6.45, 7) is -0.466. The lowest BCUT2D eigenvalue weighted by Gasteiger charge is -2.22. The van der Waals surface area contributed by atoms with Gasteiger partial charge in [0.25, 0.3) is 5.56 Å². The van der Waals surface area contributed by atoms with Crippen LogP contribution in [0.4, 0.5) is 0 Å². The molecule has 32 heavy (non-hydrogen) atoms. The Kier molecular flexibility index (Phi) is 6.49. The van der Waals surface area contributed by atoms with Gasteiger partial charge in [-0.3, -0.25) is 4.79 Å². The summed E-state index contributed by atoms with van der Waals surface area (Å²) in [5.41, 5.74) is 1.17. The number of benzene rings is 2. The molecule has 0 amide bonds. The van der Waals surface area contributed by atoms with Crippen LogP contribution in [0.2, 0.25) is 0 Å². The molecule has 0 unspecified atom stereocenters. The Bertz CT molecular complexity index is 1210. The number of rotatable bonds is 7. The van der Waals surface area contributed by atoms with E-state index in [2.05, 4.69) is 5.10 Å². The van der Waals surface area contributed by atoms with E-state index in [4.69, 9.17) is 19.6 Å². The maximum atomic E-state index is 13.2. The molecule has 8 nitrogen and oxygen atoms in total. The van der Waals surface area contributed by atoms with Crippen LogP contribution in [-0.2, 0) is 4.79 Å². The van der Waals surface area contributed by atoms with Crippen molar-refractivity contribution in [1.29, 1.82) is 0 Å². The number of carboxylic acid groups (broad SMARTS) is 1. The molecular weight excluding hydrogens is 410 g/mol. The molecule has 1 N–H and O–H groups in total. The predicted octanol–water partition coefficient (Wildman–Crippen LogP) is 3.80. The number of hydrogen-bond donors (Lipinski definition) is 1. The van der Waals surface area contributed by atoms with Crippen LogP contribution in [0.3, 0.4) is 0 Å². The van der Waals surface area contributed by atoms with Crippen molar-refractivity contribution in [3.63, 3.8) is 0 Å². The summed E-state index contributed by atoms with van der Waals surface area (Å²) in [5, 5.41) is 13.8. The number of carbonyl (C=O) groups is 1. The van der Waals surface area contributed by atoms with Gasteiger partial charge in [0.1, 0.15) is 5.82 Å². The van der Waals surface area contributed by atoms with Crippen molar-refractivity contribution in [1.82, 2.24) is 9.66 Å². The number of ether oxygens (including phenoxy) is 2. The van der Waals surface area contributed by atoms with Gasteiger partial charge in [0, 0.05) is 5.92 Å². The van der Waals surface area contributed by atoms with Crippen molar-refractivity contribution in [2.45, 2.75) is 38.0 Å². The number of hydrogen-bond acceptors (Lipinski definition) is 6. The van der Waals surface area contributed by atoms with Gasteiger partial charge in [-0.2, -0.15) is 9.78 Å². The minimum atomic E-state index is -1.07. The van der Waals surface area contributed by atoms with Crippen LogP contribution in [-0.4, -0.2) is 40.7 Å². The van der Waals surface area contributed by atoms with E-state index in [0.717, 1.165) is 25.7 Å². The molecule has 4 rings (SSSR count). The van der Waals surface area contributed by atoms with Gasteiger partial charge in [-0.15, -0.1) is 0 Å². The Morgan fingerprint density at radius 3 is 2.72 bits per heavy atom. The Hall–Kier alpha value is -3.68. The Morgan fingerprint density at radius 1 is 1.19 bits per heavy atom. The third kappa shape index (κ3) is 4.64. The molecule has 0 aliphatic heterocycles. The summed E-state index contributed by atoms with van der Waals surface area (Å²) in [6.07, 6.45) is 6.99. The first-order valence-corrected chi connectivity index (χ1v) is 10.7. The smallest absolute Gasteiger partial charge is 0.341 e. The summed E-state index contributed by atoms with van der Waals surface area (Å²) >= 11 is 0. The third-order valence-corrected chi connectivity index (χ3v) is 5.61. The van der Waals surface area contributed by atoms with Gasteiger partial charge in [0.15, 0.2) is 18.1 Å². The maximum Gasteiger partial charge on any atom is 0.341 e. The zero-order valence-electron chi connectivity index (χ0n) is 17.9. The zero-order chi connectivity index (χ0) is 22.5. The molecule has 1 aromatic heterocycles. The van der Waals surface area contributed by atoms with E-state index in [1.807, 2.05) is 18.2 Å². The first-order valence-electron chi connectivity index (χ1n) is 10.7. The number of nitrogens with zero attached hydrogens (tertiary/aromatic N) is 3. The van der Waals surface area contributed by atoms with E-state index < -0.39 is 12.6 Å². The molecule has 1 heterocycles. The average Bonchev–Trinajstić information content (AvgIpc) is 2.82. The highest BCUT2D eigenvalue weighted by Crippen LogP contribution is 2.32. The number of aromatic nitrogens is 2. The molecule has 2 aromatic carbocycles. The highest BCUT2D eigenvalue weighted by atomic mass is 16.5. The highest BCUT2D eigenvalue weighted by molar-refractivity contribution is 5.81. The quantitative estimate of drug-likeness (QED) is 0.566. The van der Waals surface area contributed by atoms with Gasteiger partial charge in [-0.25, -0.2) is 9.78 Å². The van der Waals surface area contributed by atoms with Crippen LogP contribution in [0.15, 0.2) is 52.4 Å². The molecule has 0 atom stereocenters. The minimum absolute atomic E-state index is 0.194. The van der Waals surface area contributed by atoms with E-state index in [9.17, 15) is 9.59 Å². The van der Waals surface area contributed by atoms with E-state index in [-0.39, 0.29) is 11.5 Å². The van der Waals surface area contributed by atoms with Gasteiger partial charge in [0.2, 0.25) is 0 Å². The summed E-state index contributed by atoms with van der Waals surface area (Å²) in [6, 6.07) is 12.3. The first-order chi connectivity index (χ1) is 15.6. The van der Waals surface area contributed by atoms with Crippen LogP contribution in [0.1, 0.15) is 49.4 Å². The van der Waals surface area contributed by atoms with Gasteiger partial charge in [0.05, 0.1) is 24.2 Å². The summed E-state index contributed by atoms with van der Waals surface area (Å²) < 4.78 is 12.0. The van der Waals surface area contributed by atoms with Crippen LogP contribution in [0.5, 0.6) is 11.5 Å². The normalized spacial score (nSPS) is 14.7. The first kappa shape index (κ1) is 21.5. The average molecular weight is 435 g/mol. The van der Waals surface area contributed by atoms with Crippen molar-refractivity contribution < 1.29 is 19.4 Å². The van der Waals surface area contributed by atoms with Crippen LogP contribution in [0.25, 0.3) is 10.9 Å². The van der Waals surface area contributed by atoms with E-state index >= 15 is 0 Å². The van der Waals surface area contributed by atoms with Crippen molar-refractivity contribution >= 4 is 23.1 Å². The molecule has 166 valence electrons. The predicted molar refractivity (Wildman–Crippen MR) is 121 cm³/mol. The van der Waals surface area contributed by atoms with Crippen molar-refractivity contribution in [2.24, 2.45) is 5.10 Å². The monoisotopic (exact) mass is 435 g/mol. The number of aliphatic carboxylic acids is 1. The number of para-hydroxylation sites is 1. The summed E-state index contributed by atoms with van der Waals surface area (Å²) in [4.78, 5) is 28.8. The summed E-state index contributed by atoms with van der Waals surface area (Å²) in [7, 11) is 1.48. The molecule has 1 saturated carbocycles. The van der Waals surface area contributed by atoms with Gasteiger partial charge >= 0.3 is 5.97 Å². The largest absolute Gasteiger partial charge is 0.493 e. The molecule has 1 aliphatic carbocycles.